The van der Waals surface area contributed by atoms with Gasteiger partial charge in [-0.3, -0.25) is 0 Å². The van der Waals surface area contributed by atoms with Gasteiger partial charge >= 0.3 is 0 Å². The molecule has 2 aromatic rings. The van der Waals surface area contributed by atoms with Gasteiger partial charge in [0.15, 0.2) is 0 Å². The lowest BCUT2D eigenvalue weighted by atomic mass is 10.1. The summed E-state index contributed by atoms with van der Waals surface area (Å²) in [6.45, 7) is 7.72. The Morgan fingerprint density at radius 2 is 1.46 bits per heavy atom. The largest absolute Gasteiger partial charge is 0.508 e. The van der Waals surface area contributed by atoms with Crippen LogP contribution in [0.1, 0.15) is 0 Å². The van der Waals surface area contributed by atoms with Crippen LogP contribution in [0.25, 0.3) is 23.9 Å². The molecular weight excluding hydrogens is 160 g/mol. The average molecular weight is 170 g/mol. The lowest BCUT2D eigenvalue weighted by Gasteiger charge is -1.98. The third kappa shape index (κ3) is 1.29. The normalized spacial score (nSPS) is 10.5. The van der Waals surface area contributed by atoms with Crippen molar-refractivity contribution in [2.24, 2.45) is 0 Å². The number of phenolic OH excluding ortho intramolecular Hbond substituents is 1. The van der Waals surface area contributed by atoms with Crippen molar-refractivity contribution in [3.8, 4) is 5.75 Å². The average Bonchev–Trinajstić information content (AvgIpc) is 2.08. The smallest absolute Gasteiger partial charge is 0.116 e. The Balaban J connectivity index is 2.97. The molecule has 0 aromatic heterocycles. The van der Waals surface area contributed by atoms with Gasteiger partial charge in [0, 0.05) is 0 Å². The molecule has 0 radical (unpaired) electrons. The molecule has 0 saturated carbocycles. The molecule has 0 amide bonds. The second kappa shape index (κ2) is 2.63. The lowest BCUT2D eigenvalue weighted by molar-refractivity contribution is 0.476. The summed E-state index contributed by atoms with van der Waals surface area (Å²) < 4.78 is 0. The first-order valence-corrected chi connectivity index (χ1v) is 4.07. The molecule has 0 bridgehead atoms. The Hall–Kier alpha value is -1.76. The SMILES string of the molecule is C=c1cc2ccc(O)cc2cc1=C. The number of hydrogen-bond acceptors (Lipinski definition) is 1. The van der Waals surface area contributed by atoms with E-state index in [-0.39, 0.29) is 5.75 Å². The van der Waals surface area contributed by atoms with E-state index < -0.39 is 0 Å². The highest BCUT2D eigenvalue weighted by Gasteiger charge is 1.94. The van der Waals surface area contributed by atoms with Crippen LogP contribution in [0.5, 0.6) is 5.75 Å². The quantitative estimate of drug-likeness (QED) is 0.633. The van der Waals surface area contributed by atoms with Crippen LogP contribution in [0.3, 0.4) is 0 Å². The van der Waals surface area contributed by atoms with Gasteiger partial charge in [-0.05, 0) is 45.5 Å². The van der Waals surface area contributed by atoms with E-state index in [4.69, 9.17) is 0 Å². The van der Waals surface area contributed by atoms with Crippen LogP contribution in [0, 0.1) is 0 Å². The van der Waals surface area contributed by atoms with Crippen molar-refractivity contribution in [2.45, 2.75) is 0 Å². The molecular formula is C12H10O. The highest BCUT2D eigenvalue weighted by atomic mass is 16.3. The molecule has 2 aromatic carbocycles. The monoisotopic (exact) mass is 170 g/mol. The molecule has 0 aliphatic rings. The Morgan fingerprint density at radius 1 is 0.846 bits per heavy atom. The molecule has 0 atom stereocenters. The van der Waals surface area contributed by atoms with Crippen molar-refractivity contribution in [1.82, 2.24) is 0 Å². The van der Waals surface area contributed by atoms with Crippen LogP contribution in [-0.2, 0) is 0 Å². The van der Waals surface area contributed by atoms with E-state index in [9.17, 15) is 5.11 Å². The minimum Gasteiger partial charge on any atom is -0.508 e. The Kier molecular flexibility index (Phi) is 1.59. The lowest BCUT2D eigenvalue weighted by Crippen LogP contribution is -2.20. The molecule has 1 nitrogen and oxygen atoms in total. The van der Waals surface area contributed by atoms with Gasteiger partial charge in [0.2, 0.25) is 0 Å². The molecule has 0 fully saturated rings. The maximum Gasteiger partial charge on any atom is 0.116 e. The molecule has 13 heavy (non-hydrogen) atoms. The number of fused-ring (bicyclic) bond motifs is 1. The molecule has 0 unspecified atom stereocenters. The van der Waals surface area contributed by atoms with Crippen molar-refractivity contribution in [3.05, 3.63) is 40.8 Å². The third-order valence-corrected chi connectivity index (χ3v) is 2.14. The fourth-order valence-corrected chi connectivity index (χ4v) is 1.38. The standard InChI is InChI=1S/C12H10O/c1-8-5-10-3-4-12(13)7-11(10)6-9(8)2/h3-7,13H,1-2H2. The van der Waals surface area contributed by atoms with Crippen LogP contribution >= 0.6 is 0 Å². The minimum absolute atomic E-state index is 0.281. The number of rotatable bonds is 0. The van der Waals surface area contributed by atoms with Gasteiger partial charge in [-0.2, -0.15) is 0 Å². The zero-order chi connectivity index (χ0) is 9.42. The highest BCUT2D eigenvalue weighted by Crippen LogP contribution is 2.16. The highest BCUT2D eigenvalue weighted by molar-refractivity contribution is 5.83. The zero-order valence-corrected chi connectivity index (χ0v) is 7.25. The van der Waals surface area contributed by atoms with Gasteiger partial charge in [-0.15, -0.1) is 0 Å². The predicted molar refractivity (Wildman–Crippen MR) is 55.9 cm³/mol. The zero-order valence-electron chi connectivity index (χ0n) is 7.25. The van der Waals surface area contributed by atoms with Crippen molar-refractivity contribution >= 4 is 23.9 Å². The van der Waals surface area contributed by atoms with Crippen LogP contribution in [-0.4, -0.2) is 5.11 Å². The summed E-state index contributed by atoms with van der Waals surface area (Å²) in [5.41, 5.74) is 0. The van der Waals surface area contributed by atoms with Gasteiger partial charge < -0.3 is 5.11 Å². The van der Waals surface area contributed by atoms with Crippen LogP contribution in [0.2, 0.25) is 0 Å². The van der Waals surface area contributed by atoms with E-state index in [1.54, 1.807) is 12.1 Å². The van der Waals surface area contributed by atoms with Crippen LogP contribution in [0.4, 0.5) is 0 Å². The molecule has 0 saturated heterocycles. The van der Waals surface area contributed by atoms with Gasteiger partial charge in [0.05, 0.1) is 0 Å². The van der Waals surface area contributed by atoms with Crippen LogP contribution < -0.4 is 10.4 Å². The number of benzene rings is 2. The second-order valence-electron chi connectivity index (χ2n) is 3.15. The summed E-state index contributed by atoms with van der Waals surface area (Å²) in [5, 5.41) is 13.2. The first-order valence-electron chi connectivity index (χ1n) is 4.07. The first kappa shape index (κ1) is 7.87. The summed E-state index contributed by atoms with van der Waals surface area (Å²) in [5.74, 6) is 0.281. The first-order chi connectivity index (χ1) is 6.16. The number of hydrogen-bond donors (Lipinski definition) is 1. The Morgan fingerprint density at radius 3 is 2.15 bits per heavy atom. The molecule has 0 heterocycles. The maximum absolute atomic E-state index is 9.25. The maximum atomic E-state index is 9.25. The van der Waals surface area contributed by atoms with Crippen molar-refractivity contribution in [2.75, 3.05) is 0 Å². The van der Waals surface area contributed by atoms with Crippen molar-refractivity contribution in [3.63, 3.8) is 0 Å². The predicted octanol–water partition coefficient (Wildman–Crippen LogP) is 1.37. The summed E-state index contributed by atoms with van der Waals surface area (Å²) in [6, 6.07) is 9.17. The molecule has 2 rings (SSSR count). The molecule has 0 aliphatic heterocycles. The molecule has 64 valence electrons. The van der Waals surface area contributed by atoms with Crippen LogP contribution in [0.15, 0.2) is 30.3 Å². The van der Waals surface area contributed by atoms with Crippen molar-refractivity contribution < 1.29 is 5.11 Å². The van der Waals surface area contributed by atoms with Gasteiger partial charge in [0.1, 0.15) is 5.75 Å². The Labute approximate surface area is 76.3 Å². The second-order valence-corrected chi connectivity index (χ2v) is 3.15. The van der Waals surface area contributed by atoms with E-state index in [0.29, 0.717) is 0 Å². The van der Waals surface area contributed by atoms with E-state index in [1.807, 2.05) is 18.2 Å². The molecule has 1 N–H and O–H groups in total. The summed E-state index contributed by atoms with van der Waals surface area (Å²) in [7, 11) is 0. The summed E-state index contributed by atoms with van der Waals surface area (Å²) in [4.78, 5) is 0. The van der Waals surface area contributed by atoms with Gasteiger partial charge in [-0.1, -0.05) is 19.2 Å². The Bertz CT molecular complexity index is 555. The third-order valence-electron chi connectivity index (χ3n) is 2.14. The fraction of sp³-hybridized carbons (Fsp3) is 0. The van der Waals surface area contributed by atoms with Gasteiger partial charge in [0.25, 0.3) is 0 Å². The van der Waals surface area contributed by atoms with E-state index >= 15 is 0 Å². The molecule has 1 heteroatoms. The number of phenols is 1. The van der Waals surface area contributed by atoms with Crippen molar-refractivity contribution in [1.29, 1.82) is 0 Å². The summed E-state index contributed by atoms with van der Waals surface area (Å²) in [6.07, 6.45) is 0. The van der Waals surface area contributed by atoms with Gasteiger partial charge in [-0.25, -0.2) is 0 Å². The number of aromatic hydroxyl groups is 1. The van der Waals surface area contributed by atoms with E-state index in [1.165, 1.54) is 0 Å². The molecule has 0 aliphatic carbocycles. The topological polar surface area (TPSA) is 20.2 Å². The van der Waals surface area contributed by atoms with E-state index in [0.717, 1.165) is 21.2 Å². The fourth-order valence-electron chi connectivity index (χ4n) is 1.38. The minimum atomic E-state index is 0.281. The summed E-state index contributed by atoms with van der Waals surface area (Å²) >= 11 is 0. The van der Waals surface area contributed by atoms with E-state index in [2.05, 4.69) is 13.2 Å². The molecule has 0 spiro atoms.